The van der Waals surface area contributed by atoms with E-state index in [1.54, 1.807) is 12.4 Å². The van der Waals surface area contributed by atoms with E-state index in [1.807, 2.05) is 41.3 Å². The van der Waals surface area contributed by atoms with Crippen LogP contribution in [-0.2, 0) is 4.79 Å². The van der Waals surface area contributed by atoms with Gasteiger partial charge in [-0.25, -0.2) is 9.97 Å². The monoisotopic (exact) mass is 442 g/mol. The Morgan fingerprint density at radius 1 is 1.09 bits per heavy atom. The predicted molar refractivity (Wildman–Crippen MR) is 131 cm³/mol. The standard InChI is InChI=1S/C27H30N4O2/c1-19-8-9-24(25(32)15-19)21-5-2-7-23(16-21)31-18-22(17-26(31)33)20-6-3-13-30(14-10-20)27-28-11-4-12-29-27/h2,4-9,11-12,16,19,22,32H,3,10,13-15,17-18H2,1H3. The summed E-state index contributed by atoms with van der Waals surface area (Å²) in [7, 11) is 0. The number of nitrogens with zero attached hydrogens (tertiary/aromatic N) is 4. The second-order valence-corrected chi connectivity index (χ2v) is 9.21. The van der Waals surface area contributed by atoms with Crippen LogP contribution < -0.4 is 9.80 Å². The van der Waals surface area contributed by atoms with Crippen LogP contribution in [0.25, 0.3) is 5.57 Å². The van der Waals surface area contributed by atoms with E-state index in [-0.39, 0.29) is 11.8 Å². The molecule has 1 aliphatic carbocycles. The molecule has 5 rings (SSSR count). The summed E-state index contributed by atoms with van der Waals surface area (Å²) in [6.45, 7) is 4.56. The number of aliphatic hydroxyl groups excluding tert-OH is 1. The number of benzene rings is 1. The van der Waals surface area contributed by atoms with Gasteiger partial charge in [-0.3, -0.25) is 4.79 Å². The molecule has 3 aliphatic rings. The number of aromatic nitrogens is 2. The molecular weight excluding hydrogens is 412 g/mol. The molecule has 1 aromatic carbocycles. The smallest absolute Gasteiger partial charge is 0.227 e. The second kappa shape index (κ2) is 9.22. The van der Waals surface area contributed by atoms with Gasteiger partial charge in [0.25, 0.3) is 0 Å². The molecule has 33 heavy (non-hydrogen) atoms. The number of hydrogen-bond donors (Lipinski definition) is 1. The number of rotatable bonds is 4. The minimum absolute atomic E-state index is 0.163. The van der Waals surface area contributed by atoms with Crippen molar-refractivity contribution in [1.82, 2.24) is 9.97 Å². The average molecular weight is 443 g/mol. The van der Waals surface area contributed by atoms with E-state index >= 15 is 0 Å². The van der Waals surface area contributed by atoms with Crippen molar-refractivity contribution >= 4 is 23.1 Å². The van der Waals surface area contributed by atoms with Gasteiger partial charge in [0.2, 0.25) is 11.9 Å². The molecule has 2 unspecified atom stereocenters. The molecule has 1 saturated heterocycles. The molecule has 3 heterocycles. The lowest BCUT2D eigenvalue weighted by atomic mass is 9.92. The molecule has 2 aliphatic heterocycles. The molecule has 1 N–H and O–H groups in total. The van der Waals surface area contributed by atoms with Crippen LogP contribution in [0.1, 0.15) is 38.2 Å². The van der Waals surface area contributed by atoms with E-state index in [0.29, 0.717) is 31.1 Å². The van der Waals surface area contributed by atoms with Crippen LogP contribution >= 0.6 is 0 Å². The van der Waals surface area contributed by atoms with Crippen LogP contribution in [0.4, 0.5) is 11.6 Å². The van der Waals surface area contributed by atoms with Crippen LogP contribution in [0.2, 0.25) is 0 Å². The summed E-state index contributed by atoms with van der Waals surface area (Å²) in [6, 6.07) is 9.83. The zero-order chi connectivity index (χ0) is 22.8. The third kappa shape index (κ3) is 4.56. The molecule has 1 amide bonds. The molecule has 6 nitrogen and oxygen atoms in total. The van der Waals surface area contributed by atoms with Gasteiger partial charge in [0, 0.05) is 62.0 Å². The highest BCUT2D eigenvalue weighted by Crippen LogP contribution is 2.35. The van der Waals surface area contributed by atoms with Crippen LogP contribution in [0.5, 0.6) is 0 Å². The van der Waals surface area contributed by atoms with E-state index in [2.05, 4.69) is 33.9 Å². The average Bonchev–Trinajstić information content (AvgIpc) is 3.05. The number of hydrogen-bond acceptors (Lipinski definition) is 5. The van der Waals surface area contributed by atoms with Crippen molar-refractivity contribution in [2.24, 2.45) is 11.8 Å². The number of carbonyl (C=O) groups excluding carboxylic acids is 1. The first-order chi connectivity index (χ1) is 16.1. The van der Waals surface area contributed by atoms with Crippen molar-refractivity contribution in [3.8, 4) is 0 Å². The first-order valence-corrected chi connectivity index (χ1v) is 11.8. The Morgan fingerprint density at radius 2 is 1.94 bits per heavy atom. The maximum Gasteiger partial charge on any atom is 0.227 e. The third-order valence-electron chi connectivity index (χ3n) is 6.85. The van der Waals surface area contributed by atoms with Crippen molar-refractivity contribution in [1.29, 1.82) is 0 Å². The fraction of sp³-hybridized carbons (Fsp3) is 0.370. The fourth-order valence-corrected chi connectivity index (χ4v) is 5.06. The lowest BCUT2D eigenvalue weighted by Gasteiger charge is -2.21. The first kappa shape index (κ1) is 21.4. The molecule has 6 heteroatoms. The lowest BCUT2D eigenvalue weighted by Crippen LogP contribution is -2.27. The number of amides is 1. The summed E-state index contributed by atoms with van der Waals surface area (Å²) >= 11 is 0. The Labute approximate surface area is 195 Å². The highest BCUT2D eigenvalue weighted by molar-refractivity contribution is 5.96. The largest absolute Gasteiger partial charge is 0.512 e. The zero-order valence-corrected chi connectivity index (χ0v) is 19.0. The van der Waals surface area contributed by atoms with Crippen molar-refractivity contribution in [2.45, 2.75) is 32.6 Å². The third-order valence-corrected chi connectivity index (χ3v) is 6.85. The van der Waals surface area contributed by atoms with Gasteiger partial charge in [-0.2, -0.15) is 0 Å². The van der Waals surface area contributed by atoms with Crippen molar-refractivity contribution in [2.75, 3.05) is 29.4 Å². The molecule has 0 spiro atoms. The van der Waals surface area contributed by atoms with E-state index in [0.717, 1.165) is 48.7 Å². The lowest BCUT2D eigenvalue weighted by molar-refractivity contribution is -0.117. The fourth-order valence-electron chi connectivity index (χ4n) is 5.06. The quantitative estimate of drug-likeness (QED) is 0.681. The molecule has 2 aromatic rings. The van der Waals surface area contributed by atoms with Gasteiger partial charge >= 0.3 is 0 Å². The normalized spacial score (nSPS) is 23.7. The molecule has 1 aromatic heterocycles. The van der Waals surface area contributed by atoms with E-state index < -0.39 is 0 Å². The second-order valence-electron chi connectivity index (χ2n) is 9.21. The molecule has 0 radical (unpaired) electrons. The summed E-state index contributed by atoms with van der Waals surface area (Å²) in [5, 5.41) is 10.5. The van der Waals surface area contributed by atoms with Crippen molar-refractivity contribution < 1.29 is 9.90 Å². The first-order valence-electron chi connectivity index (χ1n) is 11.8. The number of allylic oxidation sites excluding steroid dienone is 4. The van der Waals surface area contributed by atoms with Gasteiger partial charge in [-0.15, -0.1) is 0 Å². The van der Waals surface area contributed by atoms with Crippen molar-refractivity contribution in [3.63, 3.8) is 0 Å². The molecule has 170 valence electrons. The summed E-state index contributed by atoms with van der Waals surface area (Å²) in [5.41, 5.74) is 4.08. The Balaban J connectivity index is 1.29. The summed E-state index contributed by atoms with van der Waals surface area (Å²) in [5.74, 6) is 1.94. The Bertz CT molecular complexity index is 1120. The van der Waals surface area contributed by atoms with Gasteiger partial charge < -0.3 is 14.9 Å². The minimum atomic E-state index is 0.163. The van der Waals surface area contributed by atoms with E-state index in [1.165, 1.54) is 5.57 Å². The van der Waals surface area contributed by atoms with Crippen LogP contribution in [0, 0.1) is 11.8 Å². The molecule has 1 fully saturated rings. The van der Waals surface area contributed by atoms with Gasteiger partial charge in [0.15, 0.2) is 0 Å². The maximum absolute atomic E-state index is 13.0. The van der Waals surface area contributed by atoms with E-state index in [4.69, 9.17) is 0 Å². The topological polar surface area (TPSA) is 69.6 Å². The van der Waals surface area contributed by atoms with Gasteiger partial charge in [0.1, 0.15) is 5.76 Å². The summed E-state index contributed by atoms with van der Waals surface area (Å²) in [6.07, 6.45) is 13.1. The van der Waals surface area contributed by atoms with Crippen LogP contribution in [-0.4, -0.2) is 40.6 Å². The molecule has 2 atom stereocenters. The number of carbonyl (C=O) groups is 1. The zero-order valence-electron chi connectivity index (χ0n) is 19.0. The highest BCUT2D eigenvalue weighted by Gasteiger charge is 2.33. The summed E-state index contributed by atoms with van der Waals surface area (Å²) < 4.78 is 0. The van der Waals surface area contributed by atoms with Gasteiger partial charge in [-0.05, 0) is 42.5 Å². The van der Waals surface area contributed by atoms with E-state index in [9.17, 15) is 9.90 Å². The van der Waals surface area contributed by atoms with Crippen LogP contribution in [0.15, 0.2) is 72.3 Å². The van der Waals surface area contributed by atoms with Gasteiger partial charge in [-0.1, -0.05) is 42.9 Å². The maximum atomic E-state index is 13.0. The van der Waals surface area contributed by atoms with Gasteiger partial charge in [0.05, 0.1) is 0 Å². The Morgan fingerprint density at radius 3 is 2.76 bits per heavy atom. The highest BCUT2D eigenvalue weighted by atomic mass is 16.3. The molecule has 0 saturated carbocycles. The van der Waals surface area contributed by atoms with Crippen LogP contribution in [0.3, 0.4) is 0 Å². The molecular formula is C27H30N4O2. The summed E-state index contributed by atoms with van der Waals surface area (Å²) in [4.78, 5) is 25.9. The SMILES string of the molecule is CC1C=CC(c2cccc(N3CC(C4=CCCN(c5ncccn5)CC4)CC3=O)c2)=C(O)C1. The Hall–Kier alpha value is -3.41. The van der Waals surface area contributed by atoms with Crippen molar-refractivity contribution in [3.05, 3.63) is 77.8 Å². The number of anilines is 2. The predicted octanol–water partition coefficient (Wildman–Crippen LogP) is 4.92. The number of aliphatic hydroxyl groups is 1. The molecule has 0 bridgehead atoms. The minimum Gasteiger partial charge on any atom is -0.512 e. The Kier molecular flexibility index (Phi) is 5.99.